The molecule has 0 aromatic heterocycles. The van der Waals surface area contributed by atoms with E-state index in [-0.39, 0.29) is 19.8 Å². The number of rotatable bonds is 24. The highest BCUT2D eigenvalue weighted by Crippen LogP contribution is 2.43. The van der Waals surface area contributed by atoms with E-state index in [0.717, 1.165) is 35.8 Å². The summed E-state index contributed by atoms with van der Waals surface area (Å²) in [5.41, 5.74) is 0. The fraction of sp³-hybridized carbons (Fsp3) is 0.655. The Bertz CT molecular complexity index is 871. The van der Waals surface area contributed by atoms with Crippen molar-refractivity contribution < 1.29 is 32.7 Å². The Labute approximate surface area is 223 Å². The Kier molecular flexibility index (Phi) is 17.6. The van der Waals surface area contributed by atoms with E-state index in [2.05, 4.69) is 19.1 Å². The van der Waals surface area contributed by atoms with Gasteiger partial charge in [-0.1, -0.05) is 108 Å². The zero-order valence-corrected chi connectivity index (χ0v) is 23.5. The number of hydrogen-bond acceptors (Lipinski definition) is 6. The van der Waals surface area contributed by atoms with Crippen LogP contribution in [0.3, 0.4) is 0 Å². The number of hydrogen-bond donors (Lipinski definition) is 1. The van der Waals surface area contributed by atoms with E-state index >= 15 is 0 Å². The van der Waals surface area contributed by atoms with Crippen molar-refractivity contribution in [2.45, 2.75) is 77.6 Å². The minimum Gasteiger partial charge on any atom is -0.491 e. The molecule has 210 valence electrons. The smallest absolute Gasteiger partial charge is 0.472 e. The largest absolute Gasteiger partial charge is 0.491 e. The zero-order valence-electron chi connectivity index (χ0n) is 22.6. The van der Waals surface area contributed by atoms with Crippen molar-refractivity contribution in [1.82, 2.24) is 0 Å². The summed E-state index contributed by atoms with van der Waals surface area (Å²) in [6.07, 6.45) is 13.4. The topological polar surface area (TPSA) is 83.5 Å². The normalized spacial score (nSPS) is 13.1. The molecule has 2 aromatic rings. The Morgan fingerprint density at radius 2 is 1.16 bits per heavy atom. The summed E-state index contributed by atoms with van der Waals surface area (Å²) >= 11 is 0. The number of benzene rings is 2. The van der Waals surface area contributed by atoms with Crippen molar-refractivity contribution in [3.05, 3.63) is 42.5 Å². The Morgan fingerprint density at radius 1 is 0.622 bits per heavy atom. The second-order valence-electron chi connectivity index (χ2n) is 9.22. The second-order valence-corrected chi connectivity index (χ2v) is 10.7. The monoisotopic (exact) mass is 538 g/mol. The molecule has 1 unspecified atom stereocenters. The summed E-state index contributed by atoms with van der Waals surface area (Å²) in [7, 11) is -4.02. The Hall–Kier alpha value is -1.47. The third-order valence-corrected chi connectivity index (χ3v) is 7.11. The molecule has 7 nitrogen and oxygen atoms in total. The van der Waals surface area contributed by atoms with E-state index in [1.807, 2.05) is 30.3 Å². The highest BCUT2D eigenvalue weighted by atomic mass is 31.2. The second kappa shape index (κ2) is 20.5. The lowest BCUT2D eigenvalue weighted by Crippen LogP contribution is -2.12. The average molecular weight is 539 g/mol. The quantitative estimate of drug-likeness (QED) is 0.108. The van der Waals surface area contributed by atoms with Crippen LogP contribution < -0.4 is 4.74 Å². The van der Waals surface area contributed by atoms with Gasteiger partial charge in [0.15, 0.2) is 0 Å². The number of phosphoric acid groups is 1. The highest BCUT2D eigenvalue weighted by molar-refractivity contribution is 7.47. The van der Waals surface area contributed by atoms with Crippen LogP contribution in [0.15, 0.2) is 42.5 Å². The van der Waals surface area contributed by atoms with Gasteiger partial charge >= 0.3 is 7.82 Å². The van der Waals surface area contributed by atoms with E-state index in [4.69, 9.17) is 23.3 Å². The van der Waals surface area contributed by atoms with Gasteiger partial charge in [0.25, 0.3) is 0 Å². The zero-order chi connectivity index (χ0) is 26.4. The molecule has 0 spiro atoms. The van der Waals surface area contributed by atoms with Gasteiger partial charge in [-0.3, -0.25) is 9.05 Å². The fourth-order valence-corrected chi connectivity index (χ4v) is 4.79. The lowest BCUT2D eigenvalue weighted by molar-refractivity contribution is 0.0225. The number of unbranched alkanes of at least 4 members (excludes halogenated alkanes) is 10. The molecule has 0 aliphatic heterocycles. The molecule has 0 saturated carbocycles. The first kappa shape index (κ1) is 31.7. The maximum absolute atomic E-state index is 11.9. The summed E-state index contributed by atoms with van der Waals surface area (Å²) in [4.78, 5) is 9.75. The van der Waals surface area contributed by atoms with Crippen LogP contribution in [0.2, 0.25) is 0 Å². The van der Waals surface area contributed by atoms with Crippen LogP contribution in [0.1, 0.15) is 77.6 Å². The van der Waals surface area contributed by atoms with Crippen molar-refractivity contribution >= 4 is 18.6 Å². The van der Waals surface area contributed by atoms with Crippen LogP contribution in [-0.2, 0) is 23.1 Å². The Balaban J connectivity index is 1.35. The summed E-state index contributed by atoms with van der Waals surface area (Å²) in [5.74, 6) is 0.842. The van der Waals surface area contributed by atoms with Crippen LogP contribution >= 0.6 is 7.82 Å². The predicted molar refractivity (Wildman–Crippen MR) is 149 cm³/mol. The van der Waals surface area contributed by atoms with E-state index in [9.17, 15) is 9.46 Å². The van der Waals surface area contributed by atoms with Gasteiger partial charge in [0.05, 0.1) is 39.6 Å². The van der Waals surface area contributed by atoms with Crippen LogP contribution in [0.5, 0.6) is 5.75 Å². The van der Waals surface area contributed by atoms with Crippen LogP contribution in [0.4, 0.5) is 0 Å². The van der Waals surface area contributed by atoms with Gasteiger partial charge in [-0.05, 0) is 17.9 Å². The van der Waals surface area contributed by atoms with Crippen molar-refractivity contribution in [3.8, 4) is 5.75 Å². The first-order chi connectivity index (χ1) is 18.1. The first-order valence-corrected chi connectivity index (χ1v) is 15.5. The molecule has 0 radical (unpaired) electrons. The molecule has 1 atom stereocenters. The molecule has 0 aliphatic rings. The van der Waals surface area contributed by atoms with Gasteiger partial charge in [-0.25, -0.2) is 4.57 Å². The standard InChI is InChI=1S/C29H47O7P/c1-2-3-4-5-6-7-8-9-10-11-14-20-35-37(30,31)36-26-24-33-22-21-32-23-25-34-29-19-15-17-27-16-12-13-18-28(27)29/h12-13,15-19H,2-11,14,20-26H2,1H3,(H,30,31). The summed E-state index contributed by atoms with van der Waals surface area (Å²) in [5, 5.41) is 2.22. The van der Waals surface area contributed by atoms with E-state index in [1.165, 1.54) is 51.4 Å². The van der Waals surface area contributed by atoms with Crippen molar-refractivity contribution in [2.24, 2.45) is 0 Å². The Morgan fingerprint density at radius 3 is 1.86 bits per heavy atom. The van der Waals surface area contributed by atoms with Gasteiger partial charge in [0.2, 0.25) is 0 Å². The third kappa shape index (κ3) is 15.5. The molecule has 0 saturated heterocycles. The third-order valence-electron chi connectivity index (χ3n) is 6.09. The number of fused-ring (bicyclic) bond motifs is 1. The molecule has 2 rings (SSSR count). The molecule has 2 aromatic carbocycles. The molecule has 0 amide bonds. The fourth-order valence-electron chi connectivity index (χ4n) is 4.05. The highest BCUT2D eigenvalue weighted by Gasteiger charge is 2.20. The lowest BCUT2D eigenvalue weighted by Gasteiger charge is -2.12. The summed E-state index contributed by atoms with van der Waals surface area (Å²) in [6.45, 7) is 4.34. The molecular weight excluding hydrogens is 491 g/mol. The van der Waals surface area contributed by atoms with Gasteiger partial charge in [0, 0.05) is 5.39 Å². The van der Waals surface area contributed by atoms with Gasteiger partial charge < -0.3 is 19.1 Å². The number of ether oxygens (including phenoxy) is 3. The first-order valence-electron chi connectivity index (χ1n) is 14.0. The summed E-state index contributed by atoms with van der Waals surface area (Å²) in [6, 6.07) is 14.1. The minimum atomic E-state index is -4.02. The summed E-state index contributed by atoms with van der Waals surface area (Å²) < 4.78 is 38.7. The van der Waals surface area contributed by atoms with Crippen molar-refractivity contribution in [2.75, 3.05) is 46.2 Å². The molecule has 0 heterocycles. The van der Waals surface area contributed by atoms with Crippen LogP contribution in [0, 0.1) is 0 Å². The lowest BCUT2D eigenvalue weighted by atomic mass is 10.1. The van der Waals surface area contributed by atoms with Crippen molar-refractivity contribution in [3.63, 3.8) is 0 Å². The minimum absolute atomic E-state index is 0.00374. The molecule has 37 heavy (non-hydrogen) atoms. The molecular formula is C29H47O7P. The number of phosphoric ester groups is 1. The van der Waals surface area contributed by atoms with Gasteiger partial charge in [-0.2, -0.15) is 0 Å². The van der Waals surface area contributed by atoms with Gasteiger partial charge in [-0.15, -0.1) is 0 Å². The van der Waals surface area contributed by atoms with Crippen molar-refractivity contribution in [1.29, 1.82) is 0 Å². The molecule has 0 fully saturated rings. The molecule has 0 aliphatic carbocycles. The van der Waals surface area contributed by atoms with Crippen LogP contribution in [-0.4, -0.2) is 51.1 Å². The SMILES string of the molecule is CCCCCCCCCCCCCOP(=O)(O)OCCOCCOCCOc1cccc2ccccc12. The molecule has 8 heteroatoms. The molecule has 1 N–H and O–H groups in total. The predicted octanol–water partition coefficient (Wildman–Crippen LogP) is 7.70. The van der Waals surface area contributed by atoms with E-state index in [1.54, 1.807) is 0 Å². The molecule has 0 bridgehead atoms. The van der Waals surface area contributed by atoms with Crippen LogP contribution in [0.25, 0.3) is 10.8 Å². The average Bonchev–Trinajstić information content (AvgIpc) is 2.90. The maximum Gasteiger partial charge on any atom is 0.472 e. The van der Waals surface area contributed by atoms with E-state index in [0.29, 0.717) is 26.4 Å². The maximum atomic E-state index is 11.9. The van der Waals surface area contributed by atoms with E-state index < -0.39 is 7.82 Å². The van der Waals surface area contributed by atoms with Gasteiger partial charge in [0.1, 0.15) is 12.4 Å².